The predicted molar refractivity (Wildman–Crippen MR) is 78.9 cm³/mol. The van der Waals surface area contributed by atoms with Crippen LogP contribution in [0.15, 0.2) is 60.2 Å². The number of hydrogen-bond donors (Lipinski definition) is 2. The average molecular weight is 282 g/mol. The van der Waals surface area contributed by atoms with E-state index in [0.717, 1.165) is 5.56 Å². The summed E-state index contributed by atoms with van der Waals surface area (Å²) in [6, 6.07) is 15.8. The quantitative estimate of drug-likeness (QED) is 0.513. The molecule has 0 aliphatic carbocycles. The Morgan fingerprint density at radius 1 is 0.762 bits per heavy atom. The number of carboxylic acid groups (broad SMARTS) is 2. The standard InChI is InChI=1S/C17H14O4/c1-11-7-9-13(10-8-11)14(12-5-3-2-4-6-12)15(16(18)19)17(20)21/h2-10H,1H3,(H,18,19)(H,20,21). The lowest BCUT2D eigenvalue weighted by molar-refractivity contribution is -0.140. The van der Waals surface area contributed by atoms with Crippen molar-refractivity contribution in [2.75, 3.05) is 0 Å². The molecule has 0 amide bonds. The van der Waals surface area contributed by atoms with E-state index in [2.05, 4.69) is 0 Å². The molecule has 0 unspecified atom stereocenters. The van der Waals surface area contributed by atoms with E-state index in [-0.39, 0.29) is 5.57 Å². The maximum atomic E-state index is 11.4. The molecule has 2 N–H and O–H groups in total. The summed E-state index contributed by atoms with van der Waals surface area (Å²) in [5.74, 6) is -2.91. The Hall–Kier alpha value is -2.88. The molecule has 2 aromatic carbocycles. The summed E-state index contributed by atoms with van der Waals surface area (Å²) < 4.78 is 0. The first-order valence-corrected chi connectivity index (χ1v) is 6.34. The molecule has 0 atom stereocenters. The maximum absolute atomic E-state index is 11.4. The third-order valence-electron chi connectivity index (χ3n) is 3.08. The predicted octanol–water partition coefficient (Wildman–Crippen LogP) is 2.97. The first-order chi connectivity index (χ1) is 10.0. The van der Waals surface area contributed by atoms with E-state index >= 15 is 0 Å². The maximum Gasteiger partial charge on any atom is 0.343 e. The fraction of sp³-hybridized carbons (Fsp3) is 0.0588. The van der Waals surface area contributed by atoms with E-state index in [1.54, 1.807) is 42.5 Å². The van der Waals surface area contributed by atoms with Gasteiger partial charge >= 0.3 is 11.9 Å². The Balaban J connectivity index is 2.76. The first-order valence-electron chi connectivity index (χ1n) is 6.34. The van der Waals surface area contributed by atoms with E-state index < -0.39 is 17.5 Å². The molecule has 0 fully saturated rings. The van der Waals surface area contributed by atoms with Crippen LogP contribution in [0.1, 0.15) is 16.7 Å². The van der Waals surface area contributed by atoms with Crippen LogP contribution in [-0.4, -0.2) is 22.2 Å². The lowest BCUT2D eigenvalue weighted by atomic mass is 9.92. The number of rotatable bonds is 4. The fourth-order valence-corrected chi connectivity index (χ4v) is 2.09. The lowest BCUT2D eigenvalue weighted by Gasteiger charge is -2.11. The third-order valence-corrected chi connectivity index (χ3v) is 3.08. The average Bonchev–Trinajstić information content (AvgIpc) is 2.46. The van der Waals surface area contributed by atoms with Gasteiger partial charge in [-0.3, -0.25) is 0 Å². The van der Waals surface area contributed by atoms with Gasteiger partial charge in [0, 0.05) is 5.57 Å². The Morgan fingerprint density at radius 3 is 1.71 bits per heavy atom. The van der Waals surface area contributed by atoms with E-state index in [9.17, 15) is 19.8 Å². The van der Waals surface area contributed by atoms with Crippen molar-refractivity contribution in [1.29, 1.82) is 0 Å². The largest absolute Gasteiger partial charge is 0.477 e. The van der Waals surface area contributed by atoms with Gasteiger partial charge in [0.05, 0.1) is 0 Å². The summed E-state index contributed by atoms with van der Waals surface area (Å²) >= 11 is 0. The highest BCUT2D eigenvalue weighted by molar-refractivity contribution is 6.20. The SMILES string of the molecule is Cc1ccc(C(=C(C(=O)O)C(=O)O)c2ccccc2)cc1. The van der Waals surface area contributed by atoms with E-state index in [4.69, 9.17) is 0 Å². The second-order valence-electron chi connectivity index (χ2n) is 4.59. The van der Waals surface area contributed by atoms with Gasteiger partial charge in [0.1, 0.15) is 0 Å². The molecule has 2 aromatic rings. The molecule has 2 rings (SSSR count). The minimum Gasteiger partial charge on any atom is -0.477 e. The number of aliphatic carboxylic acids is 2. The molecule has 0 aliphatic rings. The summed E-state index contributed by atoms with van der Waals surface area (Å²) in [7, 11) is 0. The molecule has 0 saturated carbocycles. The number of carbonyl (C=O) groups is 2. The van der Waals surface area contributed by atoms with Gasteiger partial charge in [-0.05, 0) is 18.1 Å². The van der Waals surface area contributed by atoms with Crippen LogP contribution in [0.3, 0.4) is 0 Å². The number of aryl methyl sites for hydroxylation is 1. The highest BCUT2D eigenvalue weighted by Crippen LogP contribution is 2.27. The fourth-order valence-electron chi connectivity index (χ4n) is 2.09. The highest BCUT2D eigenvalue weighted by atomic mass is 16.4. The molecule has 0 spiro atoms. The molecule has 106 valence electrons. The first kappa shape index (κ1) is 14.5. The summed E-state index contributed by atoms with van der Waals surface area (Å²) in [6.07, 6.45) is 0. The topological polar surface area (TPSA) is 74.6 Å². The molecule has 0 radical (unpaired) electrons. The van der Waals surface area contributed by atoms with Gasteiger partial charge in [0.15, 0.2) is 5.57 Å². The van der Waals surface area contributed by atoms with Crippen molar-refractivity contribution in [3.63, 3.8) is 0 Å². The Labute approximate surface area is 122 Å². The van der Waals surface area contributed by atoms with Crippen molar-refractivity contribution in [2.24, 2.45) is 0 Å². The van der Waals surface area contributed by atoms with Gasteiger partial charge in [-0.25, -0.2) is 9.59 Å². The normalized spacial score (nSPS) is 9.95. The molecular formula is C17H14O4. The van der Waals surface area contributed by atoms with Gasteiger partial charge in [0.2, 0.25) is 0 Å². The van der Waals surface area contributed by atoms with Crippen LogP contribution < -0.4 is 0 Å². The van der Waals surface area contributed by atoms with Crippen LogP contribution in [0, 0.1) is 6.92 Å². The van der Waals surface area contributed by atoms with Crippen molar-refractivity contribution in [2.45, 2.75) is 6.92 Å². The van der Waals surface area contributed by atoms with Crippen LogP contribution in [0.25, 0.3) is 5.57 Å². The van der Waals surface area contributed by atoms with Gasteiger partial charge in [-0.1, -0.05) is 60.2 Å². The molecular weight excluding hydrogens is 268 g/mol. The molecule has 4 heteroatoms. The highest BCUT2D eigenvalue weighted by Gasteiger charge is 2.24. The summed E-state index contributed by atoms with van der Waals surface area (Å²) in [4.78, 5) is 22.7. The zero-order valence-corrected chi connectivity index (χ0v) is 11.4. The Bertz CT molecular complexity index is 681. The summed E-state index contributed by atoms with van der Waals surface area (Å²) in [5, 5.41) is 18.5. The summed E-state index contributed by atoms with van der Waals surface area (Å²) in [6.45, 7) is 1.91. The smallest absolute Gasteiger partial charge is 0.343 e. The minimum atomic E-state index is -1.46. The van der Waals surface area contributed by atoms with Crippen LogP contribution >= 0.6 is 0 Å². The molecule has 0 aromatic heterocycles. The molecule has 0 aliphatic heterocycles. The Morgan fingerprint density at radius 2 is 1.24 bits per heavy atom. The second kappa shape index (κ2) is 6.05. The minimum absolute atomic E-state index is 0.204. The number of benzene rings is 2. The van der Waals surface area contributed by atoms with E-state index in [1.807, 2.05) is 19.1 Å². The zero-order valence-electron chi connectivity index (χ0n) is 11.4. The van der Waals surface area contributed by atoms with Crippen molar-refractivity contribution in [3.05, 3.63) is 76.9 Å². The van der Waals surface area contributed by atoms with Crippen molar-refractivity contribution < 1.29 is 19.8 Å². The Kier molecular flexibility index (Phi) is 4.18. The van der Waals surface area contributed by atoms with Gasteiger partial charge < -0.3 is 10.2 Å². The zero-order chi connectivity index (χ0) is 15.4. The molecule has 0 heterocycles. The van der Waals surface area contributed by atoms with Crippen molar-refractivity contribution in [1.82, 2.24) is 0 Å². The molecule has 0 bridgehead atoms. The molecule has 4 nitrogen and oxygen atoms in total. The number of carboxylic acids is 2. The van der Waals surface area contributed by atoms with E-state index in [0.29, 0.717) is 11.1 Å². The monoisotopic (exact) mass is 282 g/mol. The molecule has 21 heavy (non-hydrogen) atoms. The van der Waals surface area contributed by atoms with Crippen molar-refractivity contribution >= 4 is 17.5 Å². The van der Waals surface area contributed by atoms with Crippen molar-refractivity contribution in [3.8, 4) is 0 Å². The van der Waals surface area contributed by atoms with Crippen LogP contribution in [0.4, 0.5) is 0 Å². The second-order valence-corrected chi connectivity index (χ2v) is 4.59. The van der Waals surface area contributed by atoms with Gasteiger partial charge in [0.25, 0.3) is 0 Å². The summed E-state index contributed by atoms with van der Waals surface area (Å²) in [5.41, 5.74) is 1.70. The molecule has 0 saturated heterocycles. The van der Waals surface area contributed by atoms with Crippen LogP contribution in [0.5, 0.6) is 0 Å². The van der Waals surface area contributed by atoms with Crippen LogP contribution in [-0.2, 0) is 9.59 Å². The van der Waals surface area contributed by atoms with E-state index in [1.165, 1.54) is 0 Å². The van der Waals surface area contributed by atoms with Crippen LogP contribution in [0.2, 0.25) is 0 Å². The lowest BCUT2D eigenvalue weighted by Crippen LogP contribution is -2.14. The third kappa shape index (κ3) is 3.17. The van der Waals surface area contributed by atoms with Gasteiger partial charge in [-0.2, -0.15) is 0 Å². The van der Waals surface area contributed by atoms with Gasteiger partial charge in [-0.15, -0.1) is 0 Å². The number of hydrogen-bond acceptors (Lipinski definition) is 2.